The summed E-state index contributed by atoms with van der Waals surface area (Å²) in [5, 5.41) is 12.1. The molecule has 7 heteroatoms. The van der Waals surface area contributed by atoms with E-state index in [2.05, 4.69) is 29.4 Å². The van der Waals surface area contributed by atoms with Crippen LogP contribution in [-0.2, 0) is 13.5 Å². The van der Waals surface area contributed by atoms with Gasteiger partial charge in [-0.1, -0.05) is 25.6 Å². The molecule has 0 bridgehead atoms. The van der Waals surface area contributed by atoms with Crippen LogP contribution >= 0.6 is 11.8 Å². The molecule has 0 saturated heterocycles. The van der Waals surface area contributed by atoms with Gasteiger partial charge >= 0.3 is 0 Å². The number of hydrogen-bond donors (Lipinski definition) is 1. The zero-order valence-electron chi connectivity index (χ0n) is 12.5. The first-order chi connectivity index (χ1) is 10.1. The first kappa shape index (κ1) is 15.6. The van der Waals surface area contributed by atoms with Crippen LogP contribution in [0.3, 0.4) is 0 Å². The van der Waals surface area contributed by atoms with Gasteiger partial charge in [-0.15, -0.1) is 10.2 Å². The summed E-state index contributed by atoms with van der Waals surface area (Å²) in [5.41, 5.74) is 0. The van der Waals surface area contributed by atoms with Crippen LogP contribution in [-0.4, -0.2) is 33.0 Å². The van der Waals surface area contributed by atoms with Crippen molar-refractivity contribution in [3.63, 3.8) is 0 Å². The zero-order valence-corrected chi connectivity index (χ0v) is 13.3. The van der Waals surface area contributed by atoms with Crippen molar-refractivity contribution in [2.75, 3.05) is 12.3 Å². The molecular weight excluding hydrogens is 288 g/mol. The maximum Gasteiger partial charge on any atom is 0.286 e. The average molecular weight is 308 g/mol. The summed E-state index contributed by atoms with van der Waals surface area (Å²) in [5.74, 6) is 2.60. The predicted molar refractivity (Wildman–Crippen MR) is 81.3 cm³/mol. The van der Waals surface area contributed by atoms with Gasteiger partial charge in [-0.2, -0.15) is 0 Å². The summed E-state index contributed by atoms with van der Waals surface area (Å²) < 4.78 is 7.01. The monoisotopic (exact) mass is 308 g/mol. The molecule has 1 N–H and O–H groups in total. The number of thioether (sulfide) groups is 1. The van der Waals surface area contributed by atoms with Crippen molar-refractivity contribution in [2.24, 2.45) is 13.0 Å². The second kappa shape index (κ2) is 7.31. The van der Waals surface area contributed by atoms with Gasteiger partial charge in [-0.05, 0) is 18.1 Å². The van der Waals surface area contributed by atoms with E-state index in [-0.39, 0.29) is 5.91 Å². The fraction of sp³-hybridized carbons (Fsp3) is 0.500. The molecule has 2 heterocycles. The number of furan rings is 1. The van der Waals surface area contributed by atoms with Crippen molar-refractivity contribution >= 4 is 17.7 Å². The van der Waals surface area contributed by atoms with Crippen LogP contribution in [0.25, 0.3) is 0 Å². The first-order valence-corrected chi connectivity index (χ1v) is 7.89. The van der Waals surface area contributed by atoms with Crippen molar-refractivity contribution in [1.82, 2.24) is 20.1 Å². The molecule has 0 fully saturated rings. The number of nitrogens with one attached hydrogen (secondary N) is 1. The molecule has 2 aromatic rings. The Bertz CT molecular complexity index is 578. The number of amides is 1. The molecule has 114 valence electrons. The van der Waals surface area contributed by atoms with Crippen LogP contribution < -0.4 is 5.32 Å². The highest BCUT2D eigenvalue weighted by Gasteiger charge is 2.11. The smallest absolute Gasteiger partial charge is 0.286 e. The first-order valence-electron chi connectivity index (χ1n) is 6.90. The molecule has 1 amide bonds. The van der Waals surface area contributed by atoms with Crippen molar-refractivity contribution in [3.8, 4) is 0 Å². The van der Waals surface area contributed by atoms with E-state index < -0.39 is 0 Å². The number of rotatable bonds is 7. The Morgan fingerprint density at radius 1 is 1.48 bits per heavy atom. The maximum absolute atomic E-state index is 11.7. The third kappa shape index (κ3) is 4.35. The Morgan fingerprint density at radius 2 is 2.29 bits per heavy atom. The van der Waals surface area contributed by atoms with Gasteiger partial charge in [-0.3, -0.25) is 4.79 Å². The molecule has 2 rings (SSSR count). The van der Waals surface area contributed by atoms with E-state index in [1.807, 2.05) is 11.6 Å². The lowest BCUT2D eigenvalue weighted by atomic mass is 10.3. The molecule has 0 aliphatic rings. The summed E-state index contributed by atoms with van der Waals surface area (Å²) >= 11 is 1.70. The molecular formula is C14H20N4O2S. The number of carbonyl (C=O) groups excluding carboxylic acids is 1. The number of nitrogens with zero attached hydrogens (tertiary/aromatic N) is 3. The number of hydrogen-bond acceptors (Lipinski definition) is 5. The normalized spacial score (nSPS) is 11.0. The molecule has 0 radical (unpaired) electrons. The molecule has 0 aromatic carbocycles. The quantitative estimate of drug-likeness (QED) is 0.793. The standard InChI is InChI=1S/C14H20N4O2S/c1-10(2)9-21-14-17-16-12(18(14)3)6-7-15-13(19)11-5-4-8-20-11/h4-5,8,10H,6-7,9H2,1-3H3,(H,15,19). The lowest BCUT2D eigenvalue weighted by Crippen LogP contribution is -2.26. The minimum Gasteiger partial charge on any atom is -0.459 e. The summed E-state index contributed by atoms with van der Waals surface area (Å²) in [6.07, 6.45) is 2.12. The summed E-state index contributed by atoms with van der Waals surface area (Å²) in [7, 11) is 1.95. The van der Waals surface area contributed by atoms with Crippen molar-refractivity contribution in [3.05, 3.63) is 30.0 Å². The average Bonchev–Trinajstić information content (AvgIpc) is 3.08. The molecule has 0 aliphatic heterocycles. The molecule has 0 saturated carbocycles. The van der Waals surface area contributed by atoms with E-state index in [4.69, 9.17) is 4.42 Å². The second-order valence-electron chi connectivity index (χ2n) is 5.15. The van der Waals surface area contributed by atoms with Crippen LogP contribution in [0.5, 0.6) is 0 Å². The van der Waals surface area contributed by atoms with Gasteiger partial charge in [0.1, 0.15) is 5.82 Å². The molecule has 0 unspecified atom stereocenters. The van der Waals surface area contributed by atoms with Gasteiger partial charge in [0.15, 0.2) is 10.9 Å². The van der Waals surface area contributed by atoms with Crippen molar-refractivity contribution in [2.45, 2.75) is 25.4 Å². The summed E-state index contributed by atoms with van der Waals surface area (Å²) in [6, 6.07) is 3.33. The third-order valence-corrected chi connectivity index (χ3v) is 4.30. The Kier molecular flexibility index (Phi) is 5.44. The van der Waals surface area contributed by atoms with Crippen LogP contribution in [0.1, 0.15) is 30.2 Å². The van der Waals surface area contributed by atoms with Gasteiger partial charge in [0.05, 0.1) is 6.26 Å². The molecule has 0 aliphatic carbocycles. The highest BCUT2D eigenvalue weighted by Crippen LogP contribution is 2.18. The minimum absolute atomic E-state index is 0.212. The SMILES string of the molecule is CC(C)CSc1nnc(CCNC(=O)c2ccco2)n1C. The van der Waals surface area contributed by atoms with E-state index in [9.17, 15) is 4.79 Å². The Hall–Kier alpha value is -1.76. The predicted octanol–water partition coefficient (Wildman–Crippen LogP) is 2.13. The summed E-state index contributed by atoms with van der Waals surface area (Å²) in [4.78, 5) is 11.7. The van der Waals surface area contributed by atoms with E-state index in [1.165, 1.54) is 6.26 Å². The molecule has 2 aromatic heterocycles. The largest absolute Gasteiger partial charge is 0.459 e. The van der Waals surface area contributed by atoms with Crippen LogP contribution in [0, 0.1) is 5.92 Å². The van der Waals surface area contributed by atoms with Crippen LogP contribution in [0.4, 0.5) is 0 Å². The molecule has 6 nitrogen and oxygen atoms in total. The maximum atomic E-state index is 11.7. The number of aromatic nitrogens is 3. The van der Waals surface area contributed by atoms with E-state index in [0.717, 1.165) is 16.7 Å². The topological polar surface area (TPSA) is 73.0 Å². The Balaban J connectivity index is 1.82. The Morgan fingerprint density at radius 3 is 2.95 bits per heavy atom. The lowest BCUT2D eigenvalue weighted by molar-refractivity contribution is 0.0926. The van der Waals surface area contributed by atoms with E-state index >= 15 is 0 Å². The Labute approximate surface area is 128 Å². The van der Waals surface area contributed by atoms with Gasteiger partial charge in [0.2, 0.25) is 0 Å². The van der Waals surface area contributed by atoms with Crippen molar-refractivity contribution in [1.29, 1.82) is 0 Å². The molecule has 21 heavy (non-hydrogen) atoms. The number of carbonyl (C=O) groups is 1. The molecule has 0 spiro atoms. The van der Waals surface area contributed by atoms with Gasteiger partial charge in [-0.25, -0.2) is 0 Å². The van der Waals surface area contributed by atoms with Crippen LogP contribution in [0.15, 0.2) is 28.0 Å². The minimum atomic E-state index is -0.212. The van der Waals surface area contributed by atoms with Crippen LogP contribution in [0.2, 0.25) is 0 Å². The third-order valence-electron chi connectivity index (χ3n) is 2.85. The fourth-order valence-electron chi connectivity index (χ4n) is 1.71. The second-order valence-corrected chi connectivity index (χ2v) is 6.13. The van der Waals surface area contributed by atoms with Gasteiger partial charge in [0.25, 0.3) is 5.91 Å². The fourth-order valence-corrected chi connectivity index (χ4v) is 2.59. The van der Waals surface area contributed by atoms with E-state index in [0.29, 0.717) is 24.6 Å². The molecule has 0 atom stereocenters. The van der Waals surface area contributed by atoms with Gasteiger partial charge < -0.3 is 14.3 Å². The summed E-state index contributed by atoms with van der Waals surface area (Å²) in [6.45, 7) is 4.85. The van der Waals surface area contributed by atoms with Gasteiger partial charge in [0, 0.05) is 25.8 Å². The van der Waals surface area contributed by atoms with E-state index in [1.54, 1.807) is 23.9 Å². The van der Waals surface area contributed by atoms with Crippen molar-refractivity contribution < 1.29 is 9.21 Å². The lowest BCUT2D eigenvalue weighted by Gasteiger charge is -2.06. The highest BCUT2D eigenvalue weighted by atomic mass is 32.2. The zero-order chi connectivity index (χ0) is 15.2. The highest BCUT2D eigenvalue weighted by molar-refractivity contribution is 7.99.